The van der Waals surface area contributed by atoms with Gasteiger partial charge in [0.15, 0.2) is 0 Å². The summed E-state index contributed by atoms with van der Waals surface area (Å²) >= 11 is 13.3. The third kappa shape index (κ3) is 4.05. The number of rotatable bonds is 3. The predicted molar refractivity (Wildman–Crippen MR) is 79.6 cm³/mol. The van der Waals surface area contributed by atoms with Gasteiger partial charge in [-0.05, 0) is 35.4 Å². The molecular weight excluding hydrogens is 351 g/mol. The molecule has 0 bridgehead atoms. The van der Waals surface area contributed by atoms with E-state index in [4.69, 9.17) is 11.6 Å². The summed E-state index contributed by atoms with van der Waals surface area (Å²) in [6.07, 6.45) is 1.01. The van der Waals surface area contributed by atoms with Gasteiger partial charge in [0.1, 0.15) is 0 Å². The molecule has 0 radical (unpaired) electrons. The second-order valence-corrected chi connectivity index (χ2v) is 7.13. The molecule has 1 unspecified atom stereocenters. The van der Waals surface area contributed by atoms with Gasteiger partial charge in [0.2, 0.25) is 0 Å². The van der Waals surface area contributed by atoms with Crippen molar-refractivity contribution in [3.05, 3.63) is 33.3 Å². The molecule has 0 aliphatic rings. The van der Waals surface area contributed by atoms with Crippen LogP contribution in [0.15, 0.2) is 22.7 Å². The average Bonchev–Trinajstić information content (AvgIpc) is 2.14. The Morgan fingerprint density at radius 1 is 1.31 bits per heavy atom. The zero-order chi connectivity index (χ0) is 12.3. The van der Waals surface area contributed by atoms with Crippen molar-refractivity contribution in [3.63, 3.8) is 0 Å². The Hall–Kier alpha value is 0.470. The maximum atomic E-state index is 6.24. The summed E-state index contributed by atoms with van der Waals surface area (Å²) in [7, 11) is 0. The Labute approximate surface area is 120 Å². The molecule has 0 fully saturated rings. The molecule has 0 saturated heterocycles. The van der Waals surface area contributed by atoms with E-state index >= 15 is 0 Å². The molecule has 0 N–H and O–H groups in total. The molecule has 0 nitrogen and oxygen atoms in total. The van der Waals surface area contributed by atoms with Crippen molar-refractivity contribution in [1.82, 2.24) is 0 Å². The molecule has 0 aliphatic carbocycles. The summed E-state index contributed by atoms with van der Waals surface area (Å²) in [6, 6.07) is 6.12. The summed E-state index contributed by atoms with van der Waals surface area (Å²) in [5.74, 6) is 0.589. The van der Waals surface area contributed by atoms with Gasteiger partial charge in [-0.2, -0.15) is 0 Å². The minimum Gasteiger partial charge on any atom is -0.0925 e. The zero-order valence-electron chi connectivity index (χ0n) is 9.86. The molecule has 1 rings (SSSR count). The standard InChI is InChI=1S/C13H17Br2Cl/c1-13(2,3)10(8-14)6-9-4-5-11(15)7-12(9)16/h4-5,7,10H,6,8H2,1-3H3. The third-order valence-electron chi connectivity index (χ3n) is 2.89. The molecule has 0 amide bonds. The van der Waals surface area contributed by atoms with Crippen LogP contribution >= 0.6 is 43.5 Å². The van der Waals surface area contributed by atoms with Crippen LogP contribution in [-0.2, 0) is 6.42 Å². The maximum Gasteiger partial charge on any atom is 0.0449 e. The van der Waals surface area contributed by atoms with E-state index in [2.05, 4.69) is 64.8 Å². The van der Waals surface area contributed by atoms with E-state index in [1.807, 2.05) is 6.07 Å². The van der Waals surface area contributed by atoms with E-state index in [-0.39, 0.29) is 0 Å². The lowest BCUT2D eigenvalue weighted by Crippen LogP contribution is -2.24. The molecule has 1 aromatic carbocycles. The number of benzene rings is 1. The van der Waals surface area contributed by atoms with E-state index < -0.39 is 0 Å². The summed E-state index contributed by atoms with van der Waals surface area (Å²) in [5, 5.41) is 1.85. The monoisotopic (exact) mass is 366 g/mol. The van der Waals surface area contributed by atoms with Gasteiger partial charge in [-0.25, -0.2) is 0 Å². The first-order chi connectivity index (χ1) is 7.34. The van der Waals surface area contributed by atoms with Gasteiger partial charge in [0.05, 0.1) is 0 Å². The first-order valence-electron chi connectivity index (χ1n) is 5.34. The molecule has 0 spiro atoms. The Balaban J connectivity index is 2.86. The van der Waals surface area contributed by atoms with Crippen molar-refractivity contribution in [1.29, 1.82) is 0 Å². The minimum absolute atomic E-state index is 0.292. The first kappa shape index (κ1) is 14.5. The average molecular weight is 369 g/mol. The predicted octanol–water partition coefficient (Wildman–Crippen LogP) is 5.70. The molecule has 90 valence electrons. The Kier molecular flexibility index (Phi) is 5.34. The highest BCUT2D eigenvalue weighted by Crippen LogP contribution is 2.33. The van der Waals surface area contributed by atoms with Crippen molar-refractivity contribution in [2.75, 3.05) is 5.33 Å². The molecule has 0 heterocycles. The van der Waals surface area contributed by atoms with Crippen molar-refractivity contribution < 1.29 is 0 Å². The number of alkyl halides is 1. The maximum absolute atomic E-state index is 6.24. The van der Waals surface area contributed by atoms with Crippen molar-refractivity contribution in [3.8, 4) is 0 Å². The Morgan fingerprint density at radius 2 is 1.94 bits per heavy atom. The quantitative estimate of drug-likeness (QED) is 0.600. The van der Waals surface area contributed by atoms with Crippen molar-refractivity contribution >= 4 is 43.5 Å². The normalized spacial score (nSPS) is 13.9. The van der Waals surface area contributed by atoms with Crippen LogP contribution in [-0.4, -0.2) is 5.33 Å². The summed E-state index contributed by atoms with van der Waals surface area (Å²) in [4.78, 5) is 0. The van der Waals surface area contributed by atoms with Gasteiger partial charge in [-0.3, -0.25) is 0 Å². The van der Waals surface area contributed by atoms with Crippen molar-refractivity contribution in [2.45, 2.75) is 27.2 Å². The molecule has 16 heavy (non-hydrogen) atoms. The lowest BCUT2D eigenvalue weighted by Gasteiger charge is -2.29. The molecule has 0 saturated carbocycles. The summed E-state index contributed by atoms with van der Waals surface area (Å²) < 4.78 is 1.03. The smallest absolute Gasteiger partial charge is 0.0449 e. The van der Waals surface area contributed by atoms with Crippen LogP contribution < -0.4 is 0 Å². The highest BCUT2D eigenvalue weighted by molar-refractivity contribution is 9.10. The Morgan fingerprint density at radius 3 is 2.38 bits per heavy atom. The highest BCUT2D eigenvalue weighted by atomic mass is 79.9. The lowest BCUT2D eigenvalue weighted by molar-refractivity contribution is 0.267. The first-order valence-corrected chi connectivity index (χ1v) is 7.63. The number of halogens is 3. The molecular formula is C13H17Br2Cl. The number of hydrogen-bond donors (Lipinski definition) is 0. The third-order valence-corrected chi connectivity index (χ3v) is 4.52. The largest absolute Gasteiger partial charge is 0.0925 e. The van der Waals surface area contributed by atoms with Crippen LogP contribution in [0.3, 0.4) is 0 Å². The fourth-order valence-corrected chi connectivity index (χ4v) is 3.50. The fourth-order valence-electron chi connectivity index (χ4n) is 1.54. The van der Waals surface area contributed by atoms with Gasteiger partial charge in [-0.1, -0.05) is 70.3 Å². The lowest BCUT2D eigenvalue weighted by atomic mass is 9.78. The molecule has 0 aromatic heterocycles. The van der Waals surface area contributed by atoms with Crippen LogP contribution in [0.5, 0.6) is 0 Å². The van der Waals surface area contributed by atoms with Crippen LogP contribution in [0.2, 0.25) is 5.02 Å². The van der Waals surface area contributed by atoms with Crippen molar-refractivity contribution in [2.24, 2.45) is 11.3 Å². The summed E-state index contributed by atoms with van der Waals surface area (Å²) in [5.41, 5.74) is 1.52. The molecule has 1 aromatic rings. The van der Waals surface area contributed by atoms with E-state index in [1.54, 1.807) is 0 Å². The molecule has 0 aliphatic heterocycles. The van der Waals surface area contributed by atoms with E-state index in [1.165, 1.54) is 5.56 Å². The van der Waals surface area contributed by atoms with E-state index in [0.717, 1.165) is 21.2 Å². The second-order valence-electron chi connectivity index (χ2n) is 5.16. The van der Waals surface area contributed by atoms with E-state index in [9.17, 15) is 0 Å². The second kappa shape index (κ2) is 5.88. The highest BCUT2D eigenvalue weighted by Gasteiger charge is 2.24. The van der Waals surface area contributed by atoms with Gasteiger partial charge in [0.25, 0.3) is 0 Å². The van der Waals surface area contributed by atoms with Gasteiger partial charge < -0.3 is 0 Å². The van der Waals surface area contributed by atoms with E-state index in [0.29, 0.717) is 11.3 Å². The molecule has 1 atom stereocenters. The van der Waals surface area contributed by atoms with Crippen LogP contribution in [0, 0.1) is 11.3 Å². The van der Waals surface area contributed by atoms with Crippen LogP contribution in [0.4, 0.5) is 0 Å². The minimum atomic E-state index is 0.292. The van der Waals surface area contributed by atoms with Crippen LogP contribution in [0.1, 0.15) is 26.3 Å². The molecule has 3 heteroatoms. The van der Waals surface area contributed by atoms with Gasteiger partial charge >= 0.3 is 0 Å². The van der Waals surface area contributed by atoms with Gasteiger partial charge in [-0.15, -0.1) is 0 Å². The zero-order valence-corrected chi connectivity index (χ0v) is 13.8. The fraction of sp³-hybridized carbons (Fsp3) is 0.538. The Bertz CT molecular complexity index is 355. The number of hydrogen-bond acceptors (Lipinski definition) is 0. The van der Waals surface area contributed by atoms with Gasteiger partial charge in [0, 0.05) is 14.8 Å². The topological polar surface area (TPSA) is 0 Å². The van der Waals surface area contributed by atoms with Crippen LogP contribution in [0.25, 0.3) is 0 Å². The SMILES string of the molecule is CC(C)(C)C(CBr)Cc1ccc(Br)cc1Cl. The summed E-state index contributed by atoms with van der Waals surface area (Å²) in [6.45, 7) is 6.81.